The van der Waals surface area contributed by atoms with E-state index in [2.05, 4.69) is 29.6 Å². The summed E-state index contributed by atoms with van der Waals surface area (Å²) in [5, 5.41) is 3.48. The van der Waals surface area contributed by atoms with Gasteiger partial charge in [-0.3, -0.25) is 0 Å². The van der Waals surface area contributed by atoms with E-state index in [9.17, 15) is 8.78 Å². The molecule has 1 aromatic heterocycles. The minimum Gasteiger partial charge on any atom is -0.464 e. The average Bonchev–Trinajstić information content (AvgIpc) is 3.10. The third-order valence-electron chi connectivity index (χ3n) is 3.72. The number of nitrogens with one attached hydrogen (secondary N) is 1. The predicted octanol–water partition coefficient (Wildman–Crippen LogP) is 4.51. The summed E-state index contributed by atoms with van der Waals surface area (Å²) in [5.74, 6) is -0.746. The topological polar surface area (TPSA) is 25.2 Å². The van der Waals surface area contributed by atoms with Crippen LogP contribution in [0.3, 0.4) is 0 Å². The normalized spacial score (nSPS) is 17.4. The lowest BCUT2D eigenvalue weighted by molar-refractivity contribution is 0.251. The van der Waals surface area contributed by atoms with E-state index in [0.29, 0.717) is 30.1 Å². The van der Waals surface area contributed by atoms with Gasteiger partial charge in [-0.2, -0.15) is 8.78 Å². The summed E-state index contributed by atoms with van der Waals surface area (Å²) in [6, 6.07) is 12.4. The monoisotopic (exact) mass is 309 g/mol. The molecular weight excluding hydrogens is 292 g/mol. The Morgan fingerprint density at radius 1 is 1.19 bits per heavy atom. The summed E-state index contributed by atoms with van der Waals surface area (Å²) in [6.45, 7) is 0.623. The van der Waals surface area contributed by atoms with E-state index in [1.165, 1.54) is 11.1 Å². The fourth-order valence-corrected chi connectivity index (χ4v) is 3.18. The molecule has 0 saturated carbocycles. The van der Waals surface area contributed by atoms with Gasteiger partial charge in [-0.1, -0.05) is 36.0 Å². The van der Waals surface area contributed by atoms with Gasteiger partial charge in [-0.25, -0.2) is 0 Å². The Hall–Kier alpha value is -1.33. The summed E-state index contributed by atoms with van der Waals surface area (Å²) < 4.78 is 29.8. The number of alkyl halides is 2. The Morgan fingerprint density at radius 2 is 2.00 bits per heavy atom. The van der Waals surface area contributed by atoms with Gasteiger partial charge >= 0.3 is 0 Å². The number of furan rings is 1. The summed E-state index contributed by atoms with van der Waals surface area (Å²) >= 11 is 0.584. The molecule has 0 bridgehead atoms. The molecule has 1 aromatic carbocycles. The minimum atomic E-state index is -2.35. The second-order valence-electron chi connectivity index (χ2n) is 5.11. The van der Waals surface area contributed by atoms with Crippen molar-refractivity contribution in [2.75, 3.05) is 0 Å². The molecule has 112 valence electrons. The van der Waals surface area contributed by atoms with E-state index in [4.69, 9.17) is 4.42 Å². The number of hydrogen-bond donors (Lipinski definition) is 1. The highest BCUT2D eigenvalue weighted by Gasteiger charge is 2.21. The lowest BCUT2D eigenvalue weighted by atomic mass is 10.1. The highest BCUT2D eigenvalue weighted by molar-refractivity contribution is 7.98. The third-order valence-corrected chi connectivity index (χ3v) is 4.43. The summed E-state index contributed by atoms with van der Waals surface area (Å²) in [5.41, 5.74) is 2.76. The van der Waals surface area contributed by atoms with Crippen molar-refractivity contribution in [1.29, 1.82) is 0 Å². The second kappa shape index (κ2) is 6.62. The summed E-state index contributed by atoms with van der Waals surface area (Å²) in [6.07, 6.45) is 2.19. The van der Waals surface area contributed by atoms with Gasteiger partial charge in [0.2, 0.25) is 0 Å². The molecule has 0 aliphatic heterocycles. The predicted molar refractivity (Wildman–Crippen MR) is 80.4 cm³/mol. The molecule has 0 amide bonds. The Morgan fingerprint density at radius 3 is 2.86 bits per heavy atom. The molecule has 1 N–H and O–H groups in total. The molecule has 0 fully saturated rings. The number of fused-ring (bicyclic) bond motifs is 1. The molecule has 0 radical (unpaired) electrons. The quantitative estimate of drug-likeness (QED) is 0.850. The van der Waals surface area contributed by atoms with Crippen LogP contribution in [0.4, 0.5) is 8.78 Å². The smallest absolute Gasteiger partial charge is 0.284 e. The molecule has 0 unspecified atom stereocenters. The Balaban J connectivity index is 1.54. The fourth-order valence-electron chi connectivity index (χ4n) is 2.73. The number of benzene rings is 1. The molecule has 0 saturated heterocycles. The van der Waals surface area contributed by atoms with E-state index < -0.39 is 5.76 Å². The van der Waals surface area contributed by atoms with Crippen LogP contribution < -0.4 is 5.32 Å². The molecule has 1 aliphatic rings. The van der Waals surface area contributed by atoms with Crippen molar-refractivity contribution < 1.29 is 13.2 Å². The summed E-state index contributed by atoms with van der Waals surface area (Å²) in [4.78, 5) is 0. The first-order chi connectivity index (χ1) is 10.2. The average molecular weight is 309 g/mol. The maximum absolute atomic E-state index is 12.1. The molecule has 2 aromatic rings. The number of hydrogen-bond acceptors (Lipinski definition) is 3. The number of rotatable bonds is 6. The first-order valence-electron chi connectivity index (χ1n) is 7.01. The van der Waals surface area contributed by atoms with Gasteiger partial charge in [0.25, 0.3) is 5.76 Å². The van der Waals surface area contributed by atoms with Crippen LogP contribution in [-0.2, 0) is 18.7 Å². The van der Waals surface area contributed by atoms with E-state index in [1.807, 2.05) is 6.07 Å². The van der Waals surface area contributed by atoms with Gasteiger partial charge in [0.05, 0.1) is 12.3 Å². The zero-order valence-electron chi connectivity index (χ0n) is 11.5. The zero-order chi connectivity index (χ0) is 14.7. The number of aryl methyl sites for hydroxylation is 1. The van der Waals surface area contributed by atoms with Crippen molar-refractivity contribution in [1.82, 2.24) is 5.32 Å². The lowest BCUT2D eigenvalue weighted by Gasteiger charge is -2.12. The van der Waals surface area contributed by atoms with Gasteiger partial charge in [0, 0.05) is 6.04 Å². The van der Waals surface area contributed by atoms with Crippen molar-refractivity contribution in [3.05, 3.63) is 59.0 Å². The van der Waals surface area contributed by atoms with Crippen LogP contribution in [0, 0.1) is 0 Å². The first kappa shape index (κ1) is 14.6. The van der Waals surface area contributed by atoms with Gasteiger partial charge in [0.1, 0.15) is 11.5 Å². The van der Waals surface area contributed by atoms with E-state index >= 15 is 0 Å². The molecule has 5 heteroatoms. The van der Waals surface area contributed by atoms with Crippen molar-refractivity contribution in [3.8, 4) is 0 Å². The van der Waals surface area contributed by atoms with Crippen molar-refractivity contribution in [2.24, 2.45) is 0 Å². The molecule has 1 heterocycles. The van der Waals surface area contributed by atoms with Crippen LogP contribution >= 0.6 is 11.8 Å². The minimum absolute atomic E-state index is 0.212. The van der Waals surface area contributed by atoms with Crippen LogP contribution in [0.2, 0.25) is 0 Å². The molecule has 0 spiro atoms. The molecule has 2 nitrogen and oxygen atoms in total. The SMILES string of the molecule is FC(F)SCc1ccc(CN[C@@H]2CCc3ccccc32)o1. The van der Waals surface area contributed by atoms with E-state index in [1.54, 1.807) is 6.07 Å². The van der Waals surface area contributed by atoms with E-state index in [-0.39, 0.29) is 5.75 Å². The first-order valence-corrected chi connectivity index (χ1v) is 8.06. The molecule has 3 rings (SSSR count). The standard InChI is InChI=1S/C16H17F2NOS/c17-16(18)21-10-13-7-6-12(20-13)9-19-15-8-5-11-3-1-2-4-14(11)15/h1-4,6-7,15-16,19H,5,8-10H2/t15-/m1/s1. The highest BCUT2D eigenvalue weighted by Crippen LogP contribution is 2.31. The van der Waals surface area contributed by atoms with Crippen molar-refractivity contribution in [3.63, 3.8) is 0 Å². The van der Waals surface area contributed by atoms with Crippen LogP contribution in [0.25, 0.3) is 0 Å². The fraction of sp³-hybridized carbons (Fsp3) is 0.375. The Kier molecular flexibility index (Phi) is 4.60. The van der Waals surface area contributed by atoms with Crippen molar-refractivity contribution >= 4 is 11.8 Å². The highest BCUT2D eigenvalue weighted by atomic mass is 32.2. The summed E-state index contributed by atoms with van der Waals surface area (Å²) in [7, 11) is 0. The van der Waals surface area contributed by atoms with Crippen LogP contribution in [0.1, 0.15) is 35.1 Å². The third kappa shape index (κ3) is 3.66. The largest absolute Gasteiger partial charge is 0.464 e. The maximum atomic E-state index is 12.1. The molecular formula is C16H17F2NOS. The zero-order valence-corrected chi connectivity index (χ0v) is 12.3. The van der Waals surface area contributed by atoms with Crippen LogP contribution in [0.5, 0.6) is 0 Å². The Bertz CT molecular complexity index is 599. The molecule has 21 heavy (non-hydrogen) atoms. The number of thioether (sulfide) groups is 1. The number of halogens is 2. The molecule has 1 atom stereocenters. The van der Waals surface area contributed by atoms with Crippen molar-refractivity contribution in [2.45, 2.75) is 36.9 Å². The second-order valence-corrected chi connectivity index (χ2v) is 6.09. The van der Waals surface area contributed by atoms with E-state index in [0.717, 1.165) is 18.6 Å². The van der Waals surface area contributed by atoms with Gasteiger partial charge in [0.15, 0.2) is 0 Å². The Labute approximate surface area is 126 Å². The van der Waals surface area contributed by atoms with Crippen LogP contribution in [-0.4, -0.2) is 5.76 Å². The lowest BCUT2D eigenvalue weighted by Crippen LogP contribution is -2.18. The van der Waals surface area contributed by atoms with Gasteiger partial charge in [-0.05, 0) is 36.1 Å². The van der Waals surface area contributed by atoms with Gasteiger partial charge < -0.3 is 9.73 Å². The maximum Gasteiger partial charge on any atom is 0.284 e. The molecule has 1 aliphatic carbocycles. The van der Waals surface area contributed by atoms with Gasteiger partial charge in [-0.15, -0.1) is 0 Å². The van der Waals surface area contributed by atoms with Crippen LogP contribution in [0.15, 0.2) is 40.8 Å².